The number of carbonyl (C=O) groups is 2. The molecule has 0 aromatic carbocycles. The number of nitrogens with one attached hydrogen (secondary N) is 2. The molecule has 1 aromatic heterocycles. The van der Waals surface area contributed by atoms with Crippen molar-refractivity contribution in [2.75, 3.05) is 18.5 Å². The van der Waals surface area contributed by atoms with Crippen molar-refractivity contribution in [2.45, 2.75) is 83.3 Å². The first-order valence-electron chi connectivity index (χ1n) is 11.8. The summed E-state index contributed by atoms with van der Waals surface area (Å²) in [5.41, 5.74) is 2.55. The minimum atomic E-state index is -0.989. The molecule has 31 heavy (non-hydrogen) atoms. The Morgan fingerprint density at radius 2 is 2.16 bits per heavy atom. The summed E-state index contributed by atoms with van der Waals surface area (Å²) >= 11 is 0. The molecule has 3 N–H and O–H groups in total. The van der Waals surface area contributed by atoms with E-state index in [1.54, 1.807) is 0 Å². The molecular weight excluding hydrogens is 394 g/mol. The fourth-order valence-electron chi connectivity index (χ4n) is 4.54. The van der Waals surface area contributed by atoms with Crippen molar-refractivity contribution in [1.29, 1.82) is 0 Å². The number of carboxylic acids is 1. The van der Waals surface area contributed by atoms with Crippen molar-refractivity contribution in [3.05, 3.63) is 23.4 Å². The lowest BCUT2D eigenvalue weighted by Gasteiger charge is -2.35. The summed E-state index contributed by atoms with van der Waals surface area (Å²) in [7, 11) is 0. The Labute approximate surface area is 184 Å². The van der Waals surface area contributed by atoms with Crippen LogP contribution in [-0.4, -0.2) is 47.3 Å². The van der Waals surface area contributed by atoms with Crippen molar-refractivity contribution < 1.29 is 19.4 Å². The van der Waals surface area contributed by atoms with Gasteiger partial charge in [-0.05, 0) is 74.3 Å². The van der Waals surface area contributed by atoms with Crippen LogP contribution in [0.25, 0.3) is 0 Å². The number of ether oxygens (including phenoxy) is 1. The highest BCUT2D eigenvalue weighted by Crippen LogP contribution is 2.48. The molecule has 2 fully saturated rings. The molecule has 1 aliphatic heterocycles. The van der Waals surface area contributed by atoms with Crippen molar-refractivity contribution >= 4 is 17.7 Å². The number of aliphatic carboxylic acids is 1. The first-order chi connectivity index (χ1) is 14.9. The molecule has 1 aromatic rings. The standard InChI is InChI=1S/C24H35N3O4/c1-24(9-10-24)15-21(28)27-20(23(29)30)8-12-31-19-13-16(14-19)4-6-18-7-5-17-3-2-11-25-22(17)26-18/h5,7,16,19-20H,2-4,6,8-15H2,1H3,(H,25,26)(H,27,28)(H,29,30). The second kappa shape index (κ2) is 9.55. The first kappa shape index (κ1) is 22.1. The number of hydrogen-bond donors (Lipinski definition) is 3. The third-order valence-electron chi connectivity index (χ3n) is 7.04. The van der Waals surface area contributed by atoms with Gasteiger partial charge in [-0.1, -0.05) is 13.0 Å². The highest BCUT2D eigenvalue weighted by Gasteiger charge is 2.39. The summed E-state index contributed by atoms with van der Waals surface area (Å²) in [6.45, 7) is 3.44. The fraction of sp³-hybridized carbons (Fsp3) is 0.708. The Balaban J connectivity index is 1.11. The van der Waals surface area contributed by atoms with Crippen LogP contribution in [-0.2, 0) is 27.2 Å². The van der Waals surface area contributed by atoms with E-state index < -0.39 is 12.0 Å². The average Bonchev–Trinajstić information content (AvgIpc) is 3.44. The molecule has 2 heterocycles. The van der Waals surface area contributed by atoms with E-state index in [9.17, 15) is 14.7 Å². The largest absolute Gasteiger partial charge is 0.480 e. The van der Waals surface area contributed by atoms with Gasteiger partial charge in [-0.3, -0.25) is 4.79 Å². The third-order valence-corrected chi connectivity index (χ3v) is 7.04. The molecule has 7 nitrogen and oxygen atoms in total. The van der Waals surface area contributed by atoms with Gasteiger partial charge in [0, 0.05) is 31.7 Å². The summed E-state index contributed by atoms with van der Waals surface area (Å²) in [5, 5.41) is 15.4. The molecule has 170 valence electrons. The first-order valence-corrected chi connectivity index (χ1v) is 11.8. The lowest BCUT2D eigenvalue weighted by Crippen LogP contribution is -2.42. The summed E-state index contributed by atoms with van der Waals surface area (Å²) < 4.78 is 5.87. The summed E-state index contributed by atoms with van der Waals surface area (Å²) in [6.07, 6.45) is 9.45. The van der Waals surface area contributed by atoms with Crippen molar-refractivity contribution in [2.24, 2.45) is 11.3 Å². The van der Waals surface area contributed by atoms with Crippen LogP contribution in [0.2, 0.25) is 0 Å². The molecule has 0 spiro atoms. The van der Waals surface area contributed by atoms with E-state index in [4.69, 9.17) is 9.72 Å². The van der Waals surface area contributed by atoms with E-state index >= 15 is 0 Å². The maximum atomic E-state index is 12.1. The molecule has 0 bridgehead atoms. The van der Waals surface area contributed by atoms with Gasteiger partial charge in [-0.2, -0.15) is 0 Å². The predicted molar refractivity (Wildman–Crippen MR) is 118 cm³/mol. The zero-order valence-electron chi connectivity index (χ0n) is 18.5. The van der Waals surface area contributed by atoms with Crippen LogP contribution in [0.1, 0.15) is 69.5 Å². The Kier molecular flexibility index (Phi) is 6.80. The van der Waals surface area contributed by atoms with Gasteiger partial charge in [-0.15, -0.1) is 0 Å². The fourth-order valence-corrected chi connectivity index (χ4v) is 4.54. The maximum absolute atomic E-state index is 12.1. The quantitative estimate of drug-likeness (QED) is 0.499. The van der Waals surface area contributed by atoms with Crippen molar-refractivity contribution in [1.82, 2.24) is 10.3 Å². The van der Waals surface area contributed by atoms with Gasteiger partial charge in [0.05, 0.1) is 6.10 Å². The molecular formula is C24H35N3O4. The summed E-state index contributed by atoms with van der Waals surface area (Å²) in [5.74, 6) is 0.549. The third kappa shape index (κ3) is 6.19. The van der Waals surface area contributed by atoms with Crippen LogP contribution < -0.4 is 10.6 Å². The van der Waals surface area contributed by atoms with Crippen LogP contribution in [0.3, 0.4) is 0 Å². The minimum Gasteiger partial charge on any atom is -0.480 e. The highest BCUT2D eigenvalue weighted by atomic mass is 16.5. The van der Waals surface area contributed by atoms with Gasteiger partial charge in [0.25, 0.3) is 0 Å². The molecule has 1 amide bonds. The number of aryl methyl sites for hydroxylation is 2. The molecule has 0 saturated heterocycles. The average molecular weight is 430 g/mol. The van der Waals surface area contributed by atoms with Gasteiger partial charge in [0.15, 0.2) is 0 Å². The number of amides is 1. The molecule has 1 unspecified atom stereocenters. The Hall–Kier alpha value is -2.15. The summed E-state index contributed by atoms with van der Waals surface area (Å²) in [6, 6.07) is 3.50. The van der Waals surface area contributed by atoms with E-state index in [0.717, 1.165) is 63.0 Å². The number of hydrogen-bond acceptors (Lipinski definition) is 5. The van der Waals surface area contributed by atoms with E-state index in [1.807, 2.05) is 0 Å². The number of nitrogens with zero attached hydrogens (tertiary/aromatic N) is 1. The maximum Gasteiger partial charge on any atom is 0.326 e. The number of fused-ring (bicyclic) bond motifs is 1. The SMILES string of the molecule is CC1(CC(=O)NC(CCOC2CC(CCc3ccc4c(n3)NCCC4)C2)C(=O)O)CC1. The smallest absolute Gasteiger partial charge is 0.326 e. The normalized spacial score (nSPS) is 24.3. The number of carbonyl (C=O) groups excluding carboxylic acids is 1. The topological polar surface area (TPSA) is 101 Å². The lowest BCUT2D eigenvalue weighted by molar-refractivity contribution is -0.143. The molecule has 2 saturated carbocycles. The molecule has 3 aliphatic rings. The van der Waals surface area contributed by atoms with E-state index in [2.05, 4.69) is 29.7 Å². The van der Waals surface area contributed by atoms with Gasteiger partial charge in [0.2, 0.25) is 5.91 Å². The second-order valence-corrected chi connectivity index (χ2v) is 9.94. The van der Waals surface area contributed by atoms with Crippen LogP contribution in [0, 0.1) is 11.3 Å². The van der Waals surface area contributed by atoms with Crippen LogP contribution in [0.15, 0.2) is 12.1 Å². The number of anilines is 1. The number of aromatic nitrogens is 1. The monoisotopic (exact) mass is 429 g/mol. The van der Waals surface area contributed by atoms with Gasteiger partial charge in [0.1, 0.15) is 11.9 Å². The Morgan fingerprint density at radius 1 is 1.35 bits per heavy atom. The van der Waals surface area contributed by atoms with Gasteiger partial charge < -0.3 is 20.5 Å². The van der Waals surface area contributed by atoms with Crippen LogP contribution in [0.5, 0.6) is 0 Å². The van der Waals surface area contributed by atoms with E-state index in [1.165, 1.54) is 12.0 Å². The number of pyridine rings is 1. The zero-order chi connectivity index (χ0) is 21.8. The number of rotatable bonds is 11. The Bertz CT molecular complexity index is 802. The predicted octanol–water partition coefficient (Wildman–Crippen LogP) is 3.32. The second-order valence-electron chi connectivity index (χ2n) is 9.94. The summed E-state index contributed by atoms with van der Waals surface area (Å²) in [4.78, 5) is 28.3. The Morgan fingerprint density at radius 3 is 2.90 bits per heavy atom. The zero-order valence-corrected chi connectivity index (χ0v) is 18.5. The van der Waals surface area contributed by atoms with Crippen LogP contribution in [0.4, 0.5) is 5.82 Å². The van der Waals surface area contributed by atoms with Gasteiger partial charge >= 0.3 is 5.97 Å². The highest BCUT2D eigenvalue weighted by molar-refractivity contribution is 5.84. The molecule has 7 heteroatoms. The van der Waals surface area contributed by atoms with Crippen molar-refractivity contribution in [3.8, 4) is 0 Å². The molecule has 4 rings (SSSR count). The molecule has 0 radical (unpaired) electrons. The number of carboxylic acid groups (broad SMARTS) is 1. The van der Waals surface area contributed by atoms with Crippen LogP contribution >= 0.6 is 0 Å². The minimum absolute atomic E-state index is 0.0791. The molecule has 2 aliphatic carbocycles. The van der Waals surface area contributed by atoms with E-state index in [-0.39, 0.29) is 17.4 Å². The lowest BCUT2D eigenvalue weighted by atomic mass is 9.79. The van der Waals surface area contributed by atoms with E-state index in [0.29, 0.717) is 25.4 Å². The molecule has 1 atom stereocenters. The van der Waals surface area contributed by atoms with Gasteiger partial charge in [-0.25, -0.2) is 9.78 Å². The van der Waals surface area contributed by atoms with Crippen molar-refractivity contribution in [3.63, 3.8) is 0 Å².